The van der Waals surface area contributed by atoms with E-state index in [0.29, 0.717) is 12.3 Å². The molecule has 3 aromatic carbocycles. The number of hydrogen-bond acceptors (Lipinski definition) is 3. The number of nitrogens with one attached hydrogen (secondary N) is 1. The summed E-state index contributed by atoms with van der Waals surface area (Å²) in [6, 6.07) is 23.4. The number of ether oxygens (including phenoxy) is 1. The maximum absolute atomic E-state index is 12.4. The summed E-state index contributed by atoms with van der Waals surface area (Å²) < 4.78 is 7.33. The summed E-state index contributed by atoms with van der Waals surface area (Å²) in [5.41, 5.74) is 2.94. The summed E-state index contributed by atoms with van der Waals surface area (Å²) >= 11 is 7.88. The zero-order chi connectivity index (χ0) is 20.9. The maximum Gasteiger partial charge on any atom is 0.234 e. The number of carbonyl (C=O) groups excluding carboxylic acids is 1. The van der Waals surface area contributed by atoms with Crippen LogP contribution in [0.3, 0.4) is 0 Å². The highest BCUT2D eigenvalue weighted by molar-refractivity contribution is 8.00. The largest absolute Gasteiger partial charge is 0.497 e. The molecule has 1 N–H and O–H groups in total. The van der Waals surface area contributed by atoms with E-state index in [9.17, 15) is 4.79 Å². The van der Waals surface area contributed by atoms with E-state index in [1.165, 1.54) is 11.8 Å². The maximum atomic E-state index is 12.4. The number of rotatable bonds is 7. The zero-order valence-electron chi connectivity index (χ0n) is 16.5. The number of para-hydroxylation sites is 1. The van der Waals surface area contributed by atoms with Crippen LogP contribution in [0.25, 0.3) is 10.9 Å². The van der Waals surface area contributed by atoms with E-state index in [2.05, 4.69) is 28.2 Å². The number of methoxy groups -OCH3 is 1. The van der Waals surface area contributed by atoms with Crippen molar-refractivity contribution in [2.24, 2.45) is 0 Å². The molecule has 0 bridgehead atoms. The number of benzene rings is 3. The van der Waals surface area contributed by atoms with E-state index in [0.717, 1.165) is 37.8 Å². The number of halogens is 1. The highest BCUT2D eigenvalue weighted by Crippen LogP contribution is 2.31. The molecule has 0 aliphatic carbocycles. The predicted octanol–water partition coefficient (Wildman–Crippen LogP) is 6.08. The summed E-state index contributed by atoms with van der Waals surface area (Å²) in [7, 11) is 1.62. The first-order valence-electron chi connectivity index (χ1n) is 9.52. The average molecular weight is 437 g/mol. The average Bonchev–Trinajstić information content (AvgIpc) is 3.12. The monoisotopic (exact) mass is 436 g/mol. The third-order valence-corrected chi connectivity index (χ3v) is 6.19. The molecule has 6 heteroatoms. The van der Waals surface area contributed by atoms with Crippen LogP contribution >= 0.6 is 23.4 Å². The number of hydrogen-bond donors (Lipinski definition) is 1. The minimum atomic E-state index is -0.0481. The molecule has 0 unspecified atom stereocenters. The fourth-order valence-corrected chi connectivity index (χ4v) is 4.37. The molecule has 0 atom stereocenters. The van der Waals surface area contributed by atoms with Gasteiger partial charge in [0.1, 0.15) is 5.75 Å². The lowest BCUT2D eigenvalue weighted by molar-refractivity contribution is -0.113. The lowest BCUT2D eigenvalue weighted by atomic mass is 10.2. The zero-order valence-corrected chi connectivity index (χ0v) is 18.0. The second-order valence-corrected chi connectivity index (χ2v) is 8.22. The summed E-state index contributed by atoms with van der Waals surface area (Å²) in [6.45, 7) is 0.679. The van der Waals surface area contributed by atoms with Gasteiger partial charge in [-0.25, -0.2) is 0 Å². The molecule has 0 aliphatic heterocycles. The van der Waals surface area contributed by atoms with Gasteiger partial charge in [0.25, 0.3) is 0 Å². The molecule has 0 aliphatic rings. The molecule has 0 saturated carbocycles. The topological polar surface area (TPSA) is 43.3 Å². The van der Waals surface area contributed by atoms with Crippen LogP contribution in [0.2, 0.25) is 5.02 Å². The Labute approximate surface area is 184 Å². The lowest BCUT2D eigenvalue weighted by Crippen LogP contribution is -2.13. The normalized spacial score (nSPS) is 10.9. The Morgan fingerprint density at radius 3 is 2.53 bits per heavy atom. The van der Waals surface area contributed by atoms with Crippen LogP contribution < -0.4 is 10.1 Å². The Kier molecular flexibility index (Phi) is 6.31. The molecule has 4 aromatic rings. The minimum absolute atomic E-state index is 0.0481. The van der Waals surface area contributed by atoms with Crippen molar-refractivity contribution in [1.82, 2.24) is 4.57 Å². The van der Waals surface area contributed by atoms with Crippen molar-refractivity contribution in [3.8, 4) is 5.75 Å². The van der Waals surface area contributed by atoms with Crippen LogP contribution in [0.15, 0.2) is 83.9 Å². The van der Waals surface area contributed by atoms with Gasteiger partial charge in [-0.2, -0.15) is 0 Å². The molecular formula is C24H21ClN2O2S. The number of carbonyl (C=O) groups is 1. The molecule has 152 valence electrons. The van der Waals surface area contributed by atoms with E-state index in [1.54, 1.807) is 7.11 Å². The van der Waals surface area contributed by atoms with Gasteiger partial charge in [0.05, 0.1) is 12.9 Å². The first-order chi connectivity index (χ1) is 14.6. The van der Waals surface area contributed by atoms with Gasteiger partial charge in [-0.1, -0.05) is 48.0 Å². The van der Waals surface area contributed by atoms with Gasteiger partial charge >= 0.3 is 0 Å². The van der Waals surface area contributed by atoms with Gasteiger partial charge in [0.15, 0.2) is 0 Å². The van der Waals surface area contributed by atoms with E-state index in [-0.39, 0.29) is 5.91 Å². The number of thioether (sulfide) groups is 1. The van der Waals surface area contributed by atoms with Crippen LogP contribution in [0.1, 0.15) is 5.56 Å². The van der Waals surface area contributed by atoms with Crippen molar-refractivity contribution in [2.45, 2.75) is 11.4 Å². The first-order valence-corrected chi connectivity index (χ1v) is 10.9. The van der Waals surface area contributed by atoms with Crippen molar-refractivity contribution >= 4 is 45.9 Å². The van der Waals surface area contributed by atoms with E-state index in [1.807, 2.05) is 60.7 Å². The number of nitrogens with zero attached hydrogens (tertiary/aromatic N) is 1. The van der Waals surface area contributed by atoms with E-state index < -0.39 is 0 Å². The molecule has 1 aromatic heterocycles. The molecule has 1 heterocycles. The number of aromatic nitrogens is 1. The fourth-order valence-electron chi connectivity index (χ4n) is 3.28. The molecule has 0 radical (unpaired) electrons. The van der Waals surface area contributed by atoms with Crippen molar-refractivity contribution in [3.63, 3.8) is 0 Å². The Morgan fingerprint density at radius 1 is 1.03 bits per heavy atom. The molecule has 4 rings (SSSR count). The van der Waals surface area contributed by atoms with Crippen LogP contribution in [-0.2, 0) is 11.3 Å². The quantitative estimate of drug-likeness (QED) is 0.357. The summed E-state index contributed by atoms with van der Waals surface area (Å²) in [5, 5.41) is 4.81. The second kappa shape index (κ2) is 9.28. The number of fused-ring (bicyclic) bond motifs is 1. The summed E-state index contributed by atoms with van der Waals surface area (Å²) in [5.74, 6) is 1.04. The molecule has 0 spiro atoms. The van der Waals surface area contributed by atoms with Gasteiger partial charge < -0.3 is 14.6 Å². The fraction of sp³-hybridized carbons (Fsp3) is 0.125. The van der Waals surface area contributed by atoms with Crippen molar-refractivity contribution in [3.05, 3.63) is 89.6 Å². The second-order valence-electron chi connectivity index (χ2n) is 6.80. The van der Waals surface area contributed by atoms with Crippen molar-refractivity contribution in [2.75, 3.05) is 18.2 Å². The van der Waals surface area contributed by atoms with Crippen molar-refractivity contribution in [1.29, 1.82) is 0 Å². The molecule has 4 nitrogen and oxygen atoms in total. The Hall–Kier alpha value is -2.89. The lowest BCUT2D eigenvalue weighted by Gasteiger charge is -2.07. The van der Waals surface area contributed by atoms with Gasteiger partial charge in [-0.05, 0) is 42.0 Å². The van der Waals surface area contributed by atoms with E-state index in [4.69, 9.17) is 16.3 Å². The molecule has 0 fully saturated rings. The van der Waals surface area contributed by atoms with Crippen LogP contribution in [0, 0.1) is 0 Å². The standard InChI is InChI=1S/C24H21ClN2O2S/c1-29-19-12-10-18(11-13-19)26-24(28)16-30-23-15-27(22-9-5-3-7-20(22)23)14-17-6-2-4-8-21(17)25/h2-13,15H,14,16H2,1H3,(H,26,28). The predicted molar refractivity (Wildman–Crippen MR) is 125 cm³/mol. The smallest absolute Gasteiger partial charge is 0.234 e. The van der Waals surface area contributed by atoms with Crippen LogP contribution in [0.5, 0.6) is 5.75 Å². The van der Waals surface area contributed by atoms with Gasteiger partial charge in [0.2, 0.25) is 5.91 Å². The van der Waals surface area contributed by atoms with Crippen LogP contribution in [-0.4, -0.2) is 23.3 Å². The third kappa shape index (κ3) is 4.64. The SMILES string of the molecule is COc1ccc(NC(=O)CSc2cn(Cc3ccccc3Cl)c3ccccc23)cc1. The highest BCUT2D eigenvalue weighted by atomic mass is 35.5. The summed E-state index contributed by atoms with van der Waals surface area (Å²) in [6.07, 6.45) is 2.10. The van der Waals surface area contributed by atoms with Gasteiger partial charge in [-0.15, -0.1) is 11.8 Å². The van der Waals surface area contributed by atoms with Gasteiger partial charge in [0, 0.05) is 39.3 Å². The minimum Gasteiger partial charge on any atom is -0.497 e. The Bertz CT molecular complexity index is 1170. The Morgan fingerprint density at radius 2 is 1.77 bits per heavy atom. The molecular weight excluding hydrogens is 416 g/mol. The summed E-state index contributed by atoms with van der Waals surface area (Å²) in [4.78, 5) is 13.5. The van der Waals surface area contributed by atoms with Crippen molar-refractivity contribution < 1.29 is 9.53 Å². The molecule has 1 amide bonds. The molecule has 0 saturated heterocycles. The first kappa shape index (κ1) is 20.4. The highest BCUT2D eigenvalue weighted by Gasteiger charge is 2.12. The third-order valence-electron chi connectivity index (χ3n) is 4.78. The Balaban J connectivity index is 1.48. The number of anilines is 1. The molecule has 30 heavy (non-hydrogen) atoms. The van der Waals surface area contributed by atoms with Gasteiger partial charge in [-0.3, -0.25) is 4.79 Å². The van der Waals surface area contributed by atoms with E-state index >= 15 is 0 Å². The van der Waals surface area contributed by atoms with Crippen LogP contribution in [0.4, 0.5) is 5.69 Å². The number of amides is 1.